The van der Waals surface area contributed by atoms with E-state index < -0.39 is 5.82 Å². The molecule has 0 spiro atoms. The molecule has 0 fully saturated rings. The standard InChI is InChI=1S/C14H17FN2O2/c1-16-7-3-4-14-17-9-13(19-14)10-5-6-12(18-2)11(15)8-10/h5-6,8-9,16H,3-4,7H2,1-2H3. The van der Waals surface area contributed by atoms with Gasteiger partial charge in [-0.25, -0.2) is 9.37 Å². The fourth-order valence-electron chi connectivity index (χ4n) is 1.80. The van der Waals surface area contributed by atoms with Crippen LogP contribution >= 0.6 is 0 Å². The Balaban J connectivity index is 2.11. The first-order valence-corrected chi connectivity index (χ1v) is 6.18. The third kappa shape index (κ3) is 3.32. The molecule has 102 valence electrons. The molecule has 1 N–H and O–H groups in total. The van der Waals surface area contributed by atoms with E-state index in [-0.39, 0.29) is 5.75 Å². The van der Waals surface area contributed by atoms with Crippen molar-refractivity contribution >= 4 is 0 Å². The Hall–Kier alpha value is -1.88. The summed E-state index contributed by atoms with van der Waals surface area (Å²) in [5.41, 5.74) is 0.658. The Bertz CT molecular complexity index is 540. The monoisotopic (exact) mass is 264 g/mol. The molecule has 0 bridgehead atoms. The van der Waals surface area contributed by atoms with Gasteiger partial charge in [0, 0.05) is 12.0 Å². The summed E-state index contributed by atoms with van der Waals surface area (Å²) in [7, 11) is 3.34. The van der Waals surface area contributed by atoms with Gasteiger partial charge in [-0.05, 0) is 38.2 Å². The van der Waals surface area contributed by atoms with E-state index in [2.05, 4.69) is 10.3 Å². The predicted molar refractivity (Wildman–Crippen MR) is 70.7 cm³/mol. The van der Waals surface area contributed by atoms with Crippen LogP contribution in [0, 0.1) is 5.82 Å². The molecule has 0 saturated heterocycles. The first-order chi connectivity index (χ1) is 9.24. The largest absolute Gasteiger partial charge is 0.494 e. The highest BCUT2D eigenvalue weighted by atomic mass is 19.1. The summed E-state index contributed by atoms with van der Waals surface area (Å²) in [6.45, 7) is 0.912. The first kappa shape index (κ1) is 13.5. The molecule has 19 heavy (non-hydrogen) atoms. The highest BCUT2D eigenvalue weighted by Gasteiger charge is 2.09. The third-order valence-electron chi connectivity index (χ3n) is 2.81. The second-order valence-corrected chi connectivity index (χ2v) is 4.17. The number of oxazole rings is 1. The molecule has 0 aliphatic rings. The molecule has 0 atom stereocenters. The molecular weight excluding hydrogens is 247 g/mol. The molecule has 1 aromatic heterocycles. The van der Waals surface area contributed by atoms with E-state index in [1.54, 1.807) is 18.3 Å². The van der Waals surface area contributed by atoms with Crippen molar-refractivity contribution in [3.63, 3.8) is 0 Å². The Morgan fingerprint density at radius 1 is 1.42 bits per heavy atom. The van der Waals surface area contributed by atoms with Crippen LogP contribution in [-0.2, 0) is 6.42 Å². The quantitative estimate of drug-likeness (QED) is 0.815. The second-order valence-electron chi connectivity index (χ2n) is 4.17. The van der Waals surface area contributed by atoms with Gasteiger partial charge in [-0.1, -0.05) is 0 Å². The van der Waals surface area contributed by atoms with Crippen molar-refractivity contribution in [2.75, 3.05) is 20.7 Å². The maximum Gasteiger partial charge on any atom is 0.194 e. The van der Waals surface area contributed by atoms with Crippen molar-refractivity contribution in [3.05, 3.63) is 36.1 Å². The molecule has 1 aromatic carbocycles. The number of nitrogens with zero attached hydrogens (tertiary/aromatic N) is 1. The molecular formula is C14H17FN2O2. The van der Waals surface area contributed by atoms with Gasteiger partial charge < -0.3 is 14.5 Å². The molecule has 0 unspecified atom stereocenters. The van der Waals surface area contributed by atoms with Crippen LogP contribution in [0.15, 0.2) is 28.8 Å². The highest BCUT2D eigenvalue weighted by Crippen LogP contribution is 2.26. The zero-order valence-electron chi connectivity index (χ0n) is 11.1. The fourth-order valence-corrected chi connectivity index (χ4v) is 1.80. The number of aromatic nitrogens is 1. The summed E-state index contributed by atoms with van der Waals surface area (Å²) < 4.78 is 24.1. The van der Waals surface area contributed by atoms with Gasteiger partial charge in [-0.15, -0.1) is 0 Å². The Morgan fingerprint density at radius 2 is 2.26 bits per heavy atom. The number of benzene rings is 1. The average molecular weight is 264 g/mol. The number of halogens is 1. The molecule has 0 aliphatic carbocycles. The maximum atomic E-state index is 13.6. The number of hydrogen-bond acceptors (Lipinski definition) is 4. The molecule has 0 saturated carbocycles. The normalized spacial score (nSPS) is 10.7. The molecule has 0 radical (unpaired) electrons. The van der Waals surface area contributed by atoms with E-state index in [4.69, 9.17) is 9.15 Å². The lowest BCUT2D eigenvalue weighted by atomic mass is 10.2. The molecule has 2 rings (SSSR count). The van der Waals surface area contributed by atoms with Crippen molar-refractivity contribution in [3.8, 4) is 17.1 Å². The minimum Gasteiger partial charge on any atom is -0.494 e. The van der Waals surface area contributed by atoms with Crippen LogP contribution in [0.5, 0.6) is 5.75 Å². The summed E-state index contributed by atoms with van der Waals surface area (Å²) in [6, 6.07) is 4.71. The molecule has 0 amide bonds. The number of hydrogen-bond donors (Lipinski definition) is 1. The number of ether oxygens (including phenoxy) is 1. The van der Waals surface area contributed by atoms with Crippen LogP contribution in [0.4, 0.5) is 4.39 Å². The smallest absolute Gasteiger partial charge is 0.194 e. The summed E-state index contributed by atoms with van der Waals surface area (Å²) in [4.78, 5) is 4.19. The predicted octanol–water partition coefficient (Wildman–Crippen LogP) is 2.64. The van der Waals surface area contributed by atoms with Gasteiger partial charge in [0.2, 0.25) is 0 Å². The lowest BCUT2D eigenvalue weighted by molar-refractivity contribution is 0.386. The third-order valence-corrected chi connectivity index (χ3v) is 2.81. The topological polar surface area (TPSA) is 47.3 Å². The van der Waals surface area contributed by atoms with Gasteiger partial charge in [-0.2, -0.15) is 0 Å². The lowest BCUT2D eigenvalue weighted by Crippen LogP contribution is -2.08. The van der Waals surface area contributed by atoms with Crippen LogP contribution in [-0.4, -0.2) is 25.7 Å². The van der Waals surface area contributed by atoms with Crippen molar-refractivity contribution in [1.82, 2.24) is 10.3 Å². The van der Waals surface area contributed by atoms with E-state index >= 15 is 0 Å². The molecule has 4 nitrogen and oxygen atoms in total. The summed E-state index contributed by atoms with van der Waals surface area (Å²) in [5, 5.41) is 3.06. The van der Waals surface area contributed by atoms with E-state index in [1.165, 1.54) is 13.2 Å². The summed E-state index contributed by atoms with van der Waals surface area (Å²) in [6.07, 6.45) is 3.34. The molecule has 1 heterocycles. The van der Waals surface area contributed by atoms with Gasteiger partial charge in [0.1, 0.15) is 0 Å². The summed E-state index contributed by atoms with van der Waals surface area (Å²) >= 11 is 0. The average Bonchev–Trinajstić information content (AvgIpc) is 2.88. The molecule has 0 aliphatic heterocycles. The Kier molecular flexibility index (Phi) is 4.52. The van der Waals surface area contributed by atoms with E-state index in [9.17, 15) is 4.39 Å². The van der Waals surface area contributed by atoms with Gasteiger partial charge >= 0.3 is 0 Å². The second kappa shape index (κ2) is 6.33. The van der Waals surface area contributed by atoms with Crippen LogP contribution < -0.4 is 10.1 Å². The highest BCUT2D eigenvalue weighted by molar-refractivity contribution is 5.57. The Morgan fingerprint density at radius 3 is 2.95 bits per heavy atom. The minimum atomic E-state index is -0.409. The number of rotatable bonds is 6. The molecule has 5 heteroatoms. The van der Waals surface area contributed by atoms with Crippen LogP contribution in [0.2, 0.25) is 0 Å². The van der Waals surface area contributed by atoms with Crippen molar-refractivity contribution in [2.24, 2.45) is 0 Å². The molecule has 2 aromatic rings. The van der Waals surface area contributed by atoms with E-state index in [0.29, 0.717) is 17.2 Å². The SMILES string of the molecule is CNCCCc1ncc(-c2ccc(OC)c(F)c2)o1. The maximum absolute atomic E-state index is 13.6. The van der Waals surface area contributed by atoms with Gasteiger partial charge in [-0.3, -0.25) is 0 Å². The van der Waals surface area contributed by atoms with Crippen molar-refractivity contribution in [2.45, 2.75) is 12.8 Å². The van der Waals surface area contributed by atoms with Crippen molar-refractivity contribution in [1.29, 1.82) is 0 Å². The van der Waals surface area contributed by atoms with Crippen LogP contribution in [0.3, 0.4) is 0 Å². The summed E-state index contributed by atoms with van der Waals surface area (Å²) in [5.74, 6) is 1.05. The number of nitrogens with one attached hydrogen (secondary N) is 1. The first-order valence-electron chi connectivity index (χ1n) is 6.18. The van der Waals surface area contributed by atoms with Crippen LogP contribution in [0.1, 0.15) is 12.3 Å². The van der Waals surface area contributed by atoms with Crippen molar-refractivity contribution < 1.29 is 13.5 Å². The number of aryl methyl sites for hydroxylation is 1. The van der Waals surface area contributed by atoms with Gasteiger partial charge in [0.15, 0.2) is 23.2 Å². The van der Waals surface area contributed by atoms with Gasteiger partial charge in [0.25, 0.3) is 0 Å². The number of methoxy groups -OCH3 is 1. The van der Waals surface area contributed by atoms with Crippen LogP contribution in [0.25, 0.3) is 11.3 Å². The Labute approximate surface area is 111 Å². The lowest BCUT2D eigenvalue weighted by Gasteiger charge is -2.02. The van der Waals surface area contributed by atoms with E-state index in [0.717, 1.165) is 19.4 Å². The minimum absolute atomic E-state index is 0.220. The zero-order chi connectivity index (χ0) is 13.7. The van der Waals surface area contributed by atoms with E-state index in [1.807, 2.05) is 7.05 Å². The fraction of sp³-hybridized carbons (Fsp3) is 0.357. The zero-order valence-corrected chi connectivity index (χ0v) is 11.1. The van der Waals surface area contributed by atoms with Gasteiger partial charge in [0.05, 0.1) is 13.3 Å².